The van der Waals surface area contributed by atoms with Gasteiger partial charge in [-0.15, -0.1) is 0 Å². The van der Waals surface area contributed by atoms with Gasteiger partial charge in [0.1, 0.15) is 6.10 Å². The van der Waals surface area contributed by atoms with E-state index in [0.717, 1.165) is 12.8 Å². The van der Waals surface area contributed by atoms with Gasteiger partial charge >= 0.3 is 6.09 Å². The van der Waals surface area contributed by atoms with E-state index in [0.29, 0.717) is 12.8 Å². The van der Waals surface area contributed by atoms with E-state index in [9.17, 15) is 4.79 Å². The van der Waals surface area contributed by atoms with Gasteiger partial charge in [-0.2, -0.15) is 0 Å². The first-order valence-electron chi connectivity index (χ1n) is 3.82. The Morgan fingerprint density at radius 1 is 1.36 bits per heavy atom. The molecule has 0 unspecified atom stereocenters. The highest BCUT2D eigenvalue weighted by Crippen LogP contribution is 2.20. The van der Waals surface area contributed by atoms with Crippen molar-refractivity contribution in [2.24, 2.45) is 5.73 Å². The van der Waals surface area contributed by atoms with Crippen molar-refractivity contribution in [2.45, 2.75) is 37.9 Å². The molecule has 0 aromatic carbocycles. The van der Waals surface area contributed by atoms with Gasteiger partial charge in [0.25, 0.3) is 0 Å². The lowest BCUT2D eigenvalue weighted by Gasteiger charge is -2.24. The molecule has 0 heterocycles. The van der Waals surface area contributed by atoms with Crippen molar-refractivity contribution in [1.82, 2.24) is 0 Å². The fraction of sp³-hybridized carbons (Fsp3) is 0.857. The van der Waals surface area contributed by atoms with Crippen LogP contribution in [0, 0.1) is 0 Å². The number of amides is 1. The van der Waals surface area contributed by atoms with E-state index in [-0.39, 0.29) is 12.2 Å². The van der Waals surface area contributed by atoms with Crippen molar-refractivity contribution >= 4 is 6.09 Å². The minimum Gasteiger partial charge on any atom is -0.446 e. The average Bonchev–Trinajstić information content (AvgIpc) is 1.93. The van der Waals surface area contributed by atoms with Gasteiger partial charge in [0, 0.05) is 0 Å². The summed E-state index contributed by atoms with van der Waals surface area (Å²) in [5, 5.41) is 9.09. The van der Waals surface area contributed by atoms with Crippen LogP contribution in [0.2, 0.25) is 0 Å². The molecule has 1 fully saturated rings. The van der Waals surface area contributed by atoms with Crippen molar-refractivity contribution in [1.29, 1.82) is 0 Å². The summed E-state index contributed by atoms with van der Waals surface area (Å²) in [5.74, 6) is 0. The number of rotatable bonds is 1. The van der Waals surface area contributed by atoms with Crippen LogP contribution in [0.3, 0.4) is 0 Å². The maximum Gasteiger partial charge on any atom is 0.404 e. The number of carbonyl (C=O) groups excluding carboxylic acids is 1. The van der Waals surface area contributed by atoms with E-state index >= 15 is 0 Å². The highest BCUT2D eigenvalue weighted by Gasteiger charge is 2.21. The SMILES string of the molecule is NC(=O)OC1CCC(O)CC1. The Hall–Kier alpha value is -0.770. The zero-order valence-electron chi connectivity index (χ0n) is 6.32. The van der Waals surface area contributed by atoms with Crippen LogP contribution in [-0.4, -0.2) is 23.4 Å². The molecule has 0 atom stereocenters. The highest BCUT2D eigenvalue weighted by molar-refractivity contribution is 5.64. The van der Waals surface area contributed by atoms with E-state index in [1.165, 1.54) is 0 Å². The topological polar surface area (TPSA) is 72.6 Å². The molecule has 0 bridgehead atoms. The van der Waals surface area contributed by atoms with Crippen LogP contribution in [0.1, 0.15) is 25.7 Å². The zero-order valence-corrected chi connectivity index (χ0v) is 6.32. The monoisotopic (exact) mass is 159 g/mol. The smallest absolute Gasteiger partial charge is 0.404 e. The van der Waals surface area contributed by atoms with E-state index in [1.807, 2.05) is 0 Å². The molecule has 1 saturated carbocycles. The maximum absolute atomic E-state index is 10.3. The van der Waals surface area contributed by atoms with Gasteiger partial charge in [-0.05, 0) is 25.7 Å². The average molecular weight is 159 g/mol. The third-order valence-corrected chi connectivity index (χ3v) is 1.93. The molecule has 0 spiro atoms. The molecule has 0 aromatic rings. The number of hydrogen-bond acceptors (Lipinski definition) is 3. The molecular formula is C7H13NO3. The summed E-state index contributed by atoms with van der Waals surface area (Å²) in [6.45, 7) is 0. The van der Waals surface area contributed by atoms with Gasteiger partial charge in [-0.3, -0.25) is 0 Å². The number of aliphatic hydroxyl groups excluding tert-OH is 1. The molecule has 0 aromatic heterocycles. The van der Waals surface area contributed by atoms with Crippen LogP contribution in [-0.2, 0) is 4.74 Å². The Morgan fingerprint density at radius 3 is 2.36 bits per heavy atom. The Bertz CT molecular complexity index is 141. The summed E-state index contributed by atoms with van der Waals surface area (Å²) in [7, 11) is 0. The van der Waals surface area contributed by atoms with E-state index in [2.05, 4.69) is 0 Å². The van der Waals surface area contributed by atoms with Gasteiger partial charge in [-0.25, -0.2) is 4.79 Å². The minimum absolute atomic E-state index is 0.0732. The molecule has 1 amide bonds. The van der Waals surface area contributed by atoms with Crippen molar-refractivity contribution in [3.63, 3.8) is 0 Å². The summed E-state index contributed by atoms with van der Waals surface area (Å²) in [6.07, 6.45) is 1.86. The molecule has 0 saturated heterocycles. The maximum atomic E-state index is 10.3. The van der Waals surface area contributed by atoms with Crippen molar-refractivity contribution in [2.75, 3.05) is 0 Å². The molecule has 1 aliphatic rings. The molecule has 64 valence electrons. The lowest BCUT2D eigenvalue weighted by atomic mass is 9.95. The molecule has 11 heavy (non-hydrogen) atoms. The summed E-state index contributed by atoms with van der Waals surface area (Å²) >= 11 is 0. The number of hydrogen-bond donors (Lipinski definition) is 2. The number of aliphatic hydroxyl groups is 1. The fourth-order valence-electron chi connectivity index (χ4n) is 1.33. The second kappa shape index (κ2) is 3.57. The van der Waals surface area contributed by atoms with Gasteiger partial charge in [0.05, 0.1) is 6.10 Å². The molecule has 0 radical (unpaired) electrons. The second-order valence-corrected chi connectivity index (χ2v) is 2.87. The molecule has 1 rings (SSSR count). The Morgan fingerprint density at radius 2 is 1.91 bits per heavy atom. The first kappa shape index (κ1) is 8.33. The van der Waals surface area contributed by atoms with Crippen LogP contribution < -0.4 is 5.73 Å². The standard InChI is InChI=1S/C7H13NO3/c8-7(10)11-6-3-1-5(9)2-4-6/h5-6,9H,1-4H2,(H2,8,10). The fourth-order valence-corrected chi connectivity index (χ4v) is 1.33. The third-order valence-electron chi connectivity index (χ3n) is 1.93. The number of primary amides is 1. The zero-order chi connectivity index (χ0) is 8.27. The Balaban J connectivity index is 2.22. The number of carbonyl (C=O) groups is 1. The Labute approximate surface area is 65.3 Å². The summed E-state index contributed by atoms with van der Waals surface area (Å²) in [4.78, 5) is 10.3. The summed E-state index contributed by atoms with van der Waals surface area (Å²) in [6, 6.07) is 0. The van der Waals surface area contributed by atoms with Crippen LogP contribution >= 0.6 is 0 Å². The van der Waals surface area contributed by atoms with Gasteiger partial charge in [0.2, 0.25) is 0 Å². The minimum atomic E-state index is -0.716. The van der Waals surface area contributed by atoms with Crippen molar-refractivity contribution in [3.05, 3.63) is 0 Å². The quantitative estimate of drug-likeness (QED) is 0.581. The summed E-state index contributed by atoms with van der Waals surface area (Å²) in [5.41, 5.74) is 4.83. The first-order valence-corrected chi connectivity index (χ1v) is 3.82. The number of nitrogens with two attached hydrogens (primary N) is 1. The molecule has 4 nitrogen and oxygen atoms in total. The van der Waals surface area contributed by atoms with Gasteiger partial charge in [-0.1, -0.05) is 0 Å². The number of ether oxygens (including phenoxy) is 1. The Kier molecular flexibility index (Phi) is 2.70. The lowest BCUT2D eigenvalue weighted by molar-refractivity contribution is 0.0382. The van der Waals surface area contributed by atoms with E-state index in [1.54, 1.807) is 0 Å². The molecule has 1 aliphatic carbocycles. The molecule has 4 heteroatoms. The second-order valence-electron chi connectivity index (χ2n) is 2.87. The van der Waals surface area contributed by atoms with Gasteiger partial charge < -0.3 is 15.6 Å². The molecule has 3 N–H and O–H groups in total. The van der Waals surface area contributed by atoms with Crippen molar-refractivity contribution < 1.29 is 14.6 Å². The summed E-state index contributed by atoms with van der Waals surface area (Å²) < 4.78 is 4.77. The molecular weight excluding hydrogens is 146 g/mol. The van der Waals surface area contributed by atoms with E-state index < -0.39 is 6.09 Å². The lowest BCUT2D eigenvalue weighted by Crippen LogP contribution is -2.28. The first-order chi connectivity index (χ1) is 5.18. The van der Waals surface area contributed by atoms with Crippen LogP contribution in [0.5, 0.6) is 0 Å². The largest absolute Gasteiger partial charge is 0.446 e. The predicted octanol–water partition coefficient (Wildman–Crippen LogP) is 0.385. The predicted molar refractivity (Wildman–Crippen MR) is 38.9 cm³/mol. The molecule has 0 aliphatic heterocycles. The van der Waals surface area contributed by atoms with Crippen LogP contribution in [0.15, 0.2) is 0 Å². The highest BCUT2D eigenvalue weighted by atomic mass is 16.6. The van der Waals surface area contributed by atoms with Crippen LogP contribution in [0.4, 0.5) is 4.79 Å². The van der Waals surface area contributed by atoms with Crippen LogP contribution in [0.25, 0.3) is 0 Å². The third kappa shape index (κ3) is 2.76. The van der Waals surface area contributed by atoms with E-state index in [4.69, 9.17) is 15.6 Å². The van der Waals surface area contributed by atoms with Gasteiger partial charge in [0.15, 0.2) is 0 Å². The van der Waals surface area contributed by atoms with Crippen molar-refractivity contribution in [3.8, 4) is 0 Å². The normalized spacial score (nSPS) is 31.4.